The van der Waals surface area contributed by atoms with Gasteiger partial charge in [-0.2, -0.15) is 13.2 Å². The molecule has 2 heterocycles. The summed E-state index contributed by atoms with van der Waals surface area (Å²) < 4.78 is 50.6. The Balaban J connectivity index is 1.55. The van der Waals surface area contributed by atoms with Crippen LogP contribution in [0.15, 0.2) is 65.3 Å². The number of alkyl halides is 3. The maximum atomic E-state index is 13.2. The van der Waals surface area contributed by atoms with Crippen molar-refractivity contribution in [3.05, 3.63) is 89.1 Å². The van der Waals surface area contributed by atoms with Gasteiger partial charge < -0.3 is 14.1 Å². The van der Waals surface area contributed by atoms with Gasteiger partial charge in [0.25, 0.3) is 5.91 Å². The number of carbonyl (C=O) groups excluding carboxylic acids is 1. The number of carbonyl (C=O) groups is 1. The summed E-state index contributed by atoms with van der Waals surface area (Å²) in [4.78, 5) is 20.7. The predicted molar refractivity (Wildman–Crippen MR) is 119 cm³/mol. The summed E-state index contributed by atoms with van der Waals surface area (Å²) in [5, 5.41) is 0. The Bertz CT molecular complexity index is 1100. The van der Waals surface area contributed by atoms with Gasteiger partial charge in [-0.25, -0.2) is 4.98 Å². The summed E-state index contributed by atoms with van der Waals surface area (Å²) in [5.41, 5.74) is 1.05. The molecular formula is C25H26F3N3O3. The largest absolute Gasteiger partial charge is 0.447 e. The highest BCUT2D eigenvalue weighted by molar-refractivity contribution is 5.92. The SMILES string of the molecule is CC(c1ccccc1)N(Cc1cccc(C(F)(F)F)c1)Cc1nc(C(=O)N2CCOCC2)co1. The van der Waals surface area contributed by atoms with Crippen LogP contribution in [-0.2, 0) is 24.0 Å². The highest BCUT2D eigenvalue weighted by atomic mass is 19.4. The van der Waals surface area contributed by atoms with Gasteiger partial charge in [0.15, 0.2) is 5.69 Å². The summed E-state index contributed by atoms with van der Waals surface area (Å²) in [7, 11) is 0. The van der Waals surface area contributed by atoms with Crippen molar-refractivity contribution in [1.82, 2.24) is 14.8 Å². The minimum absolute atomic E-state index is 0.138. The van der Waals surface area contributed by atoms with E-state index < -0.39 is 11.7 Å². The van der Waals surface area contributed by atoms with Crippen molar-refractivity contribution in [2.45, 2.75) is 32.2 Å². The molecule has 0 radical (unpaired) electrons. The molecule has 0 bridgehead atoms. The minimum atomic E-state index is -4.41. The first-order valence-corrected chi connectivity index (χ1v) is 11.1. The van der Waals surface area contributed by atoms with Crippen LogP contribution in [-0.4, -0.2) is 47.0 Å². The number of morpholine rings is 1. The molecule has 0 spiro atoms. The molecule has 1 aromatic heterocycles. The Morgan fingerprint density at radius 3 is 2.53 bits per heavy atom. The van der Waals surface area contributed by atoms with Gasteiger partial charge in [0.1, 0.15) is 6.26 Å². The topological polar surface area (TPSA) is 58.8 Å². The molecule has 180 valence electrons. The molecule has 34 heavy (non-hydrogen) atoms. The van der Waals surface area contributed by atoms with Crippen molar-refractivity contribution in [3.8, 4) is 0 Å². The average molecular weight is 473 g/mol. The summed E-state index contributed by atoms with van der Waals surface area (Å²) >= 11 is 0. The van der Waals surface area contributed by atoms with Crippen molar-refractivity contribution >= 4 is 5.91 Å². The number of benzene rings is 2. The van der Waals surface area contributed by atoms with Gasteiger partial charge in [0, 0.05) is 25.7 Å². The van der Waals surface area contributed by atoms with E-state index in [1.165, 1.54) is 12.3 Å². The van der Waals surface area contributed by atoms with Crippen LogP contribution < -0.4 is 0 Å². The van der Waals surface area contributed by atoms with Crippen molar-refractivity contribution in [3.63, 3.8) is 0 Å². The fraction of sp³-hybridized carbons (Fsp3) is 0.360. The van der Waals surface area contributed by atoms with E-state index in [2.05, 4.69) is 4.98 Å². The molecule has 1 fully saturated rings. The first-order valence-electron chi connectivity index (χ1n) is 11.1. The number of ether oxygens (including phenoxy) is 1. The van der Waals surface area contributed by atoms with Crippen LogP contribution in [0.2, 0.25) is 0 Å². The Labute approximate surface area is 195 Å². The maximum Gasteiger partial charge on any atom is 0.416 e. The first-order chi connectivity index (χ1) is 16.3. The van der Waals surface area contributed by atoms with Gasteiger partial charge in [0.2, 0.25) is 5.89 Å². The maximum absolute atomic E-state index is 13.2. The van der Waals surface area contributed by atoms with Crippen molar-refractivity contribution in [2.24, 2.45) is 0 Å². The van der Waals surface area contributed by atoms with Crippen LogP contribution in [0.3, 0.4) is 0 Å². The predicted octanol–water partition coefficient (Wildman–Crippen LogP) is 4.93. The number of nitrogens with zero attached hydrogens (tertiary/aromatic N) is 3. The van der Waals surface area contributed by atoms with Crippen molar-refractivity contribution < 1.29 is 27.1 Å². The Morgan fingerprint density at radius 2 is 1.82 bits per heavy atom. The zero-order valence-corrected chi connectivity index (χ0v) is 18.8. The lowest BCUT2D eigenvalue weighted by Gasteiger charge is -2.28. The molecule has 0 N–H and O–H groups in total. The number of amides is 1. The Kier molecular flexibility index (Phi) is 7.33. The molecule has 2 aromatic carbocycles. The minimum Gasteiger partial charge on any atom is -0.447 e. The van der Waals surface area contributed by atoms with E-state index in [0.29, 0.717) is 37.8 Å². The number of oxazole rings is 1. The van der Waals surface area contributed by atoms with Crippen LogP contribution >= 0.6 is 0 Å². The molecule has 1 aliphatic rings. The standard InChI is InChI=1S/C25H26F3N3O3/c1-18(20-7-3-2-4-8-20)31(15-19-6-5-9-21(14-19)25(26,27)28)16-23-29-22(17-34-23)24(32)30-10-12-33-13-11-30/h2-9,14,17-18H,10-13,15-16H2,1H3. The van der Waals surface area contributed by atoms with Gasteiger partial charge in [-0.15, -0.1) is 0 Å². The molecule has 0 aliphatic carbocycles. The highest BCUT2D eigenvalue weighted by Crippen LogP contribution is 2.31. The fourth-order valence-corrected chi connectivity index (χ4v) is 3.94. The van der Waals surface area contributed by atoms with E-state index in [1.807, 2.05) is 42.2 Å². The molecule has 6 nitrogen and oxygen atoms in total. The quantitative estimate of drug-likeness (QED) is 0.487. The van der Waals surface area contributed by atoms with E-state index >= 15 is 0 Å². The van der Waals surface area contributed by atoms with Crippen LogP contribution in [0.25, 0.3) is 0 Å². The van der Waals surface area contributed by atoms with Gasteiger partial charge in [-0.05, 0) is 24.1 Å². The summed E-state index contributed by atoms with van der Waals surface area (Å²) in [6.07, 6.45) is -3.08. The Hall–Kier alpha value is -3.17. The zero-order chi connectivity index (χ0) is 24.1. The third kappa shape index (κ3) is 5.84. The number of halogens is 3. The van der Waals surface area contributed by atoms with E-state index in [0.717, 1.165) is 17.7 Å². The van der Waals surface area contributed by atoms with Crippen molar-refractivity contribution in [2.75, 3.05) is 26.3 Å². The molecule has 0 saturated carbocycles. The van der Waals surface area contributed by atoms with Crippen LogP contribution in [0, 0.1) is 0 Å². The number of rotatable bonds is 7. The van der Waals surface area contributed by atoms with E-state index in [1.54, 1.807) is 11.0 Å². The fourth-order valence-electron chi connectivity index (χ4n) is 3.94. The summed E-state index contributed by atoms with van der Waals surface area (Å²) in [5.74, 6) is 0.102. The Morgan fingerprint density at radius 1 is 1.09 bits per heavy atom. The van der Waals surface area contributed by atoms with Gasteiger partial charge in [-0.1, -0.05) is 48.5 Å². The smallest absolute Gasteiger partial charge is 0.416 e. The second-order valence-electron chi connectivity index (χ2n) is 8.22. The molecule has 1 amide bonds. The van der Waals surface area contributed by atoms with Gasteiger partial charge in [-0.3, -0.25) is 9.69 Å². The lowest BCUT2D eigenvalue weighted by atomic mass is 10.0. The zero-order valence-electron chi connectivity index (χ0n) is 18.8. The molecule has 1 atom stereocenters. The van der Waals surface area contributed by atoms with E-state index in [4.69, 9.17) is 9.15 Å². The van der Waals surface area contributed by atoms with Crippen LogP contribution in [0.5, 0.6) is 0 Å². The molecular weight excluding hydrogens is 447 g/mol. The molecule has 1 aliphatic heterocycles. The highest BCUT2D eigenvalue weighted by Gasteiger charge is 2.31. The van der Waals surface area contributed by atoms with E-state index in [9.17, 15) is 18.0 Å². The second-order valence-corrected chi connectivity index (χ2v) is 8.22. The van der Waals surface area contributed by atoms with Crippen molar-refractivity contribution in [1.29, 1.82) is 0 Å². The van der Waals surface area contributed by atoms with Crippen LogP contribution in [0.1, 0.15) is 46.0 Å². The third-order valence-corrected chi connectivity index (χ3v) is 5.88. The molecule has 1 saturated heterocycles. The number of hydrogen-bond donors (Lipinski definition) is 0. The second kappa shape index (κ2) is 10.4. The monoisotopic (exact) mass is 473 g/mol. The third-order valence-electron chi connectivity index (χ3n) is 5.88. The lowest BCUT2D eigenvalue weighted by Crippen LogP contribution is -2.40. The first kappa shape index (κ1) is 24.0. The van der Waals surface area contributed by atoms with Gasteiger partial charge in [0.05, 0.1) is 25.3 Å². The summed E-state index contributed by atoms with van der Waals surface area (Å²) in [6.45, 7) is 4.40. The lowest BCUT2D eigenvalue weighted by molar-refractivity contribution is -0.137. The molecule has 4 rings (SSSR count). The van der Waals surface area contributed by atoms with Crippen LogP contribution in [0.4, 0.5) is 13.2 Å². The summed E-state index contributed by atoms with van der Waals surface area (Å²) in [6, 6.07) is 14.8. The molecule has 1 unspecified atom stereocenters. The number of hydrogen-bond acceptors (Lipinski definition) is 5. The molecule has 9 heteroatoms. The average Bonchev–Trinajstić information content (AvgIpc) is 3.32. The molecule has 3 aromatic rings. The number of aromatic nitrogens is 1. The van der Waals surface area contributed by atoms with Gasteiger partial charge >= 0.3 is 6.18 Å². The van der Waals surface area contributed by atoms with E-state index in [-0.39, 0.29) is 30.7 Å². The normalized spacial score (nSPS) is 15.5.